The SMILES string of the molecule is CC(C)C(C)C(=O)NCC1CCNC1. The Balaban J connectivity index is 2.19. The van der Waals surface area contributed by atoms with Gasteiger partial charge in [-0.25, -0.2) is 0 Å². The normalized spacial score (nSPS) is 23.9. The number of hydrogen-bond donors (Lipinski definition) is 2. The van der Waals surface area contributed by atoms with Crippen LogP contribution in [0.1, 0.15) is 27.2 Å². The van der Waals surface area contributed by atoms with Crippen LogP contribution in [0, 0.1) is 17.8 Å². The molecule has 0 bridgehead atoms. The molecule has 1 heterocycles. The van der Waals surface area contributed by atoms with E-state index in [9.17, 15) is 4.79 Å². The fourth-order valence-corrected chi connectivity index (χ4v) is 1.60. The van der Waals surface area contributed by atoms with Gasteiger partial charge in [0.2, 0.25) is 5.91 Å². The van der Waals surface area contributed by atoms with Crippen molar-refractivity contribution in [3.05, 3.63) is 0 Å². The average molecular weight is 198 g/mol. The third kappa shape index (κ3) is 3.29. The van der Waals surface area contributed by atoms with Crippen LogP contribution in [0.3, 0.4) is 0 Å². The molecule has 0 aromatic rings. The summed E-state index contributed by atoms with van der Waals surface area (Å²) >= 11 is 0. The highest BCUT2D eigenvalue weighted by Crippen LogP contribution is 2.10. The molecule has 3 heteroatoms. The van der Waals surface area contributed by atoms with Crippen LogP contribution in [0.25, 0.3) is 0 Å². The summed E-state index contributed by atoms with van der Waals surface area (Å²) in [6.45, 7) is 9.15. The van der Waals surface area contributed by atoms with Gasteiger partial charge in [-0.2, -0.15) is 0 Å². The number of carbonyl (C=O) groups is 1. The summed E-state index contributed by atoms with van der Waals surface area (Å²) in [5.41, 5.74) is 0. The molecule has 3 nitrogen and oxygen atoms in total. The van der Waals surface area contributed by atoms with Crippen molar-refractivity contribution in [2.24, 2.45) is 17.8 Å². The van der Waals surface area contributed by atoms with Crippen LogP contribution in [0.5, 0.6) is 0 Å². The average Bonchev–Trinajstić information content (AvgIpc) is 2.65. The van der Waals surface area contributed by atoms with E-state index >= 15 is 0 Å². The third-order valence-electron chi connectivity index (χ3n) is 3.14. The Morgan fingerprint density at radius 2 is 2.21 bits per heavy atom. The van der Waals surface area contributed by atoms with E-state index in [0.717, 1.165) is 19.6 Å². The summed E-state index contributed by atoms with van der Waals surface area (Å²) in [6, 6.07) is 0. The lowest BCUT2D eigenvalue weighted by Gasteiger charge is -2.17. The predicted molar refractivity (Wildman–Crippen MR) is 58.0 cm³/mol. The first kappa shape index (κ1) is 11.5. The van der Waals surface area contributed by atoms with Crippen LogP contribution in [0.2, 0.25) is 0 Å². The van der Waals surface area contributed by atoms with E-state index < -0.39 is 0 Å². The fraction of sp³-hybridized carbons (Fsp3) is 0.909. The van der Waals surface area contributed by atoms with E-state index in [1.807, 2.05) is 6.92 Å². The molecule has 1 rings (SSSR count). The molecule has 2 unspecified atom stereocenters. The molecule has 1 fully saturated rings. The number of rotatable bonds is 4. The van der Waals surface area contributed by atoms with E-state index in [1.165, 1.54) is 6.42 Å². The Morgan fingerprint density at radius 1 is 1.50 bits per heavy atom. The first-order valence-electron chi connectivity index (χ1n) is 5.59. The second kappa shape index (κ2) is 5.35. The van der Waals surface area contributed by atoms with Crippen molar-refractivity contribution in [2.75, 3.05) is 19.6 Å². The van der Waals surface area contributed by atoms with E-state index in [4.69, 9.17) is 0 Å². The minimum Gasteiger partial charge on any atom is -0.356 e. The Labute approximate surface area is 86.6 Å². The minimum atomic E-state index is 0.129. The van der Waals surface area contributed by atoms with Gasteiger partial charge in [-0.05, 0) is 31.3 Å². The molecule has 1 saturated heterocycles. The molecule has 2 atom stereocenters. The van der Waals surface area contributed by atoms with Crippen LogP contribution in [-0.4, -0.2) is 25.5 Å². The van der Waals surface area contributed by atoms with Gasteiger partial charge in [-0.3, -0.25) is 4.79 Å². The number of hydrogen-bond acceptors (Lipinski definition) is 2. The fourth-order valence-electron chi connectivity index (χ4n) is 1.60. The number of nitrogens with one attached hydrogen (secondary N) is 2. The highest BCUT2D eigenvalue weighted by atomic mass is 16.1. The summed E-state index contributed by atoms with van der Waals surface area (Å²) in [6.07, 6.45) is 1.19. The zero-order valence-electron chi connectivity index (χ0n) is 9.47. The molecule has 2 N–H and O–H groups in total. The van der Waals surface area contributed by atoms with Gasteiger partial charge in [-0.15, -0.1) is 0 Å². The maximum absolute atomic E-state index is 11.6. The summed E-state index contributed by atoms with van der Waals surface area (Å²) in [4.78, 5) is 11.6. The highest BCUT2D eigenvalue weighted by molar-refractivity contribution is 5.78. The van der Waals surface area contributed by atoms with Crippen LogP contribution in [0.15, 0.2) is 0 Å². The van der Waals surface area contributed by atoms with Crippen molar-refractivity contribution in [3.8, 4) is 0 Å². The molecule has 0 radical (unpaired) electrons. The molecule has 14 heavy (non-hydrogen) atoms. The first-order valence-corrected chi connectivity index (χ1v) is 5.59. The largest absolute Gasteiger partial charge is 0.356 e. The first-order chi connectivity index (χ1) is 6.61. The standard InChI is InChI=1S/C11H22N2O/c1-8(2)9(3)11(14)13-7-10-4-5-12-6-10/h8-10,12H,4-7H2,1-3H3,(H,13,14). The summed E-state index contributed by atoms with van der Waals surface area (Å²) in [5, 5.41) is 6.32. The van der Waals surface area contributed by atoms with Gasteiger partial charge < -0.3 is 10.6 Å². The van der Waals surface area contributed by atoms with Gasteiger partial charge in [0.05, 0.1) is 0 Å². The van der Waals surface area contributed by atoms with Gasteiger partial charge in [0.15, 0.2) is 0 Å². The summed E-state index contributed by atoms with van der Waals surface area (Å²) in [7, 11) is 0. The maximum atomic E-state index is 11.6. The number of amides is 1. The van der Waals surface area contributed by atoms with Gasteiger partial charge in [0, 0.05) is 12.5 Å². The second-order valence-electron chi connectivity index (χ2n) is 4.64. The van der Waals surface area contributed by atoms with Gasteiger partial charge >= 0.3 is 0 Å². The van der Waals surface area contributed by atoms with Crippen molar-refractivity contribution in [3.63, 3.8) is 0 Å². The Kier molecular flexibility index (Phi) is 4.39. The summed E-state index contributed by atoms with van der Waals surface area (Å²) < 4.78 is 0. The van der Waals surface area contributed by atoms with Crippen LogP contribution in [-0.2, 0) is 4.79 Å². The van der Waals surface area contributed by atoms with E-state index in [1.54, 1.807) is 0 Å². The molecule has 0 spiro atoms. The molecule has 1 aliphatic heterocycles. The lowest BCUT2D eigenvalue weighted by molar-refractivity contribution is -0.125. The molecular weight excluding hydrogens is 176 g/mol. The zero-order valence-corrected chi connectivity index (χ0v) is 9.47. The van der Waals surface area contributed by atoms with Gasteiger partial charge in [0.1, 0.15) is 0 Å². The second-order valence-corrected chi connectivity index (χ2v) is 4.64. The lowest BCUT2D eigenvalue weighted by Crippen LogP contribution is -2.35. The molecule has 82 valence electrons. The van der Waals surface area contributed by atoms with Crippen LogP contribution >= 0.6 is 0 Å². The Bertz CT molecular complexity index is 186. The van der Waals surface area contributed by atoms with Crippen molar-refractivity contribution in [1.29, 1.82) is 0 Å². The molecule has 0 aliphatic carbocycles. The quantitative estimate of drug-likeness (QED) is 0.707. The van der Waals surface area contributed by atoms with Crippen molar-refractivity contribution >= 4 is 5.91 Å². The molecule has 0 aromatic heterocycles. The molecular formula is C11H22N2O. The highest BCUT2D eigenvalue weighted by Gasteiger charge is 2.19. The third-order valence-corrected chi connectivity index (χ3v) is 3.14. The molecule has 1 aliphatic rings. The van der Waals surface area contributed by atoms with E-state index in [0.29, 0.717) is 11.8 Å². The van der Waals surface area contributed by atoms with Crippen molar-refractivity contribution < 1.29 is 4.79 Å². The lowest BCUT2D eigenvalue weighted by atomic mass is 9.97. The minimum absolute atomic E-state index is 0.129. The maximum Gasteiger partial charge on any atom is 0.223 e. The van der Waals surface area contributed by atoms with Crippen LogP contribution in [0.4, 0.5) is 0 Å². The topological polar surface area (TPSA) is 41.1 Å². The zero-order chi connectivity index (χ0) is 10.6. The van der Waals surface area contributed by atoms with E-state index in [-0.39, 0.29) is 11.8 Å². The molecule has 0 aromatic carbocycles. The Hall–Kier alpha value is -0.570. The van der Waals surface area contributed by atoms with Gasteiger partial charge in [0.25, 0.3) is 0 Å². The van der Waals surface area contributed by atoms with Crippen molar-refractivity contribution in [1.82, 2.24) is 10.6 Å². The number of carbonyl (C=O) groups excluding carboxylic acids is 1. The summed E-state index contributed by atoms with van der Waals surface area (Å²) in [5.74, 6) is 1.39. The smallest absolute Gasteiger partial charge is 0.223 e. The Morgan fingerprint density at radius 3 is 2.71 bits per heavy atom. The van der Waals surface area contributed by atoms with Gasteiger partial charge in [-0.1, -0.05) is 20.8 Å². The molecule has 1 amide bonds. The van der Waals surface area contributed by atoms with Crippen LogP contribution < -0.4 is 10.6 Å². The molecule has 0 saturated carbocycles. The monoisotopic (exact) mass is 198 g/mol. The van der Waals surface area contributed by atoms with Crippen molar-refractivity contribution in [2.45, 2.75) is 27.2 Å². The van der Waals surface area contributed by atoms with E-state index in [2.05, 4.69) is 24.5 Å². The predicted octanol–water partition coefficient (Wildman–Crippen LogP) is 1.00.